The molecule has 2 aromatic carbocycles. The van der Waals surface area contributed by atoms with Gasteiger partial charge in [0.2, 0.25) is 0 Å². The number of imidazole rings is 1. The van der Waals surface area contributed by atoms with Crippen molar-refractivity contribution in [1.29, 1.82) is 0 Å². The van der Waals surface area contributed by atoms with Gasteiger partial charge in [0, 0.05) is 51.1 Å². The first kappa shape index (κ1) is 30.6. The zero-order valence-corrected chi connectivity index (χ0v) is 24.4. The summed E-state index contributed by atoms with van der Waals surface area (Å²) in [6.45, 7) is 8.43. The third kappa shape index (κ3) is 8.12. The van der Waals surface area contributed by atoms with E-state index in [1.165, 1.54) is 24.3 Å². The molecule has 1 fully saturated rings. The molecule has 1 aliphatic rings. The van der Waals surface area contributed by atoms with E-state index in [9.17, 15) is 13.6 Å². The molecule has 4 rings (SSSR count). The number of hydroxylamine groups is 2. The van der Waals surface area contributed by atoms with Crippen molar-refractivity contribution in [2.75, 3.05) is 33.4 Å². The second kappa shape index (κ2) is 13.5. The Hall–Kier alpha value is -3.34. The summed E-state index contributed by atoms with van der Waals surface area (Å²) in [6, 6.07) is 11.8. The largest absolute Gasteiger partial charge is 0.429 e. The average molecular weight is 570 g/mol. The van der Waals surface area contributed by atoms with Crippen LogP contribution < -0.4 is 5.73 Å². The Morgan fingerprint density at radius 1 is 1.10 bits per heavy atom. The molecule has 1 aromatic heterocycles. The number of nitrogens with two attached hydrogens (primary N) is 1. The van der Waals surface area contributed by atoms with Gasteiger partial charge in [-0.3, -0.25) is 4.90 Å². The van der Waals surface area contributed by atoms with Crippen molar-refractivity contribution in [2.45, 2.75) is 58.7 Å². The lowest BCUT2D eigenvalue weighted by Crippen LogP contribution is -2.46. The van der Waals surface area contributed by atoms with Gasteiger partial charge in [-0.1, -0.05) is 45.0 Å². The summed E-state index contributed by atoms with van der Waals surface area (Å²) in [7, 11) is 1.59. The molecule has 0 aliphatic carbocycles. The lowest BCUT2D eigenvalue weighted by Gasteiger charge is -2.40. The molecule has 2 atom stereocenters. The highest BCUT2D eigenvalue weighted by atomic mass is 19.1. The van der Waals surface area contributed by atoms with Gasteiger partial charge < -0.3 is 19.9 Å². The van der Waals surface area contributed by atoms with Crippen LogP contribution in [-0.2, 0) is 16.1 Å². The normalized spacial score (nSPS) is 15.6. The van der Waals surface area contributed by atoms with Gasteiger partial charge in [0.15, 0.2) is 0 Å². The van der Waals surface area contributed by atoms with Crippen molar-refractivity contribution in [3.05, 3.63) is 77.8 Å². The van der Waals surface area contributed by atoms with Crippen LogP contribution in [0, 0.1) is 17.0 Å². The predicted octanol–water partition coefficient (Wildman–Crippen LogP) is 5.78. The maximum atomic E-state index is 14.2. The number of nitrogens with zero attached hydrogens (tertiary/aromatic N) is 4. The molecule has 10 heteroatoms. The van der Waals surface area contributed by atoms with Crippen LogP contribution in [0.5, 0.6) is 0 Å². The number of aromatic nitrogens is 2. The van der Waals surface area contributed by atoms with Gasteiger partial charge in [0.25, 0.3) is 0 Å². The van der Waals surface area contributed by atoms with Gasteiger partial charge in [0.05, 0.1) is 18.3 Å². The highest BCUT2D eigenvalue weighted by Crippen LogP contribution is 2.40. The minimum absolute atomic E-state index is 0.280. The van der Waals surface area contributed by atoms with Crippen LogP contribution in [0.25, 0.3) is 11.3 Å². The van der Waals surface area contributed by atoms with Crippen LogP contribution in [-0.4, -0.2) is 65.0 Å². The maximum absolute atomic E-state index is 14.2. The topological polar surface area (TPSA) is 85.8 Å². The smallest absolute Gasteiger partial charge is 0.383 e. The van der Waals surface area contributed by atoms with Crippen molar-refractivity contribution in [2.24, 2.45) is 11.1 Å². The third-order valence-electron chi connectivity index (χ3n) is 7.17. The van der Waals surface area contributed by atoms with Gasteiger partial charge in [-0.05, 0) is 54.5 Å². The number of hydrogen-bond acceptors (Lipinski definition) is 6. The number of halogens is 2. The van der Waals surface area contributed by atoms with Gasteiger partial charge in [-0.15, -0.1) is 5.06 Å². The number of hydrogen-bond donors (Lipinski definition) is 1. The van der Waals surface area contributed by atoms with Crippen LogP contribution in [0.1, 0.15) is 57.5 Å². The van der Waals surface area contributed by atoms with Crippen molar-refractivity contribution in [3.8, 4) is 11.3 Å². The van der Waals surface area contributed by atoms with Crippen LogP contribution in [0.2, 0.25) is 0 Å². The van der Waals surface area contributed by atoms with E-state index >= 15 is 0 Å². The molecular weight excluding hydrogens is 528 g/mol. The summed E-state index contributed by atoms with van der Waals surface area (Å²) in [4.78, 5) is 26.4. The highest BCUT2D eigenvalue weighted by Gasteiger charge is 2.40. The summed E-state index contributed by atoms with van der Waals surface area (Å²) in [5.74, 6) is -0.136. The first-order chi connectivity index (χ1) is 19.5. The molecule has 2 heterocycles. The molecule has 8 nitrogen and oxygen atoms in total. The van der Waals surface area contributed by atoms with E-state index in [2.05, 4.69) is 0 Å². The number of ether oxygens (including phenoxy) is 1. The van der Waals surface area contributed by atoms with E-state index in [-0.39, 0.29) is 17.7 Å². The molecule has 0 unspecified atom stereocenters. The van der Waals surface area contributed by atoms with Crippen molar-refractivity contribution >= 4 is 6.09 Å². The van der Waals surface area contributed by atoms with Crippen molar-refractivity contribution in [1.82, 2.24) is 19.5 Å². The second-order valence-corrected chi connectivity index (χ2v) is 11.7. The zero-order valence-electron chi connectivity index (χ0n) is 24.4. The second-order valence-electron chi connectivity index (χ2n) is 11.7. The summed E-state index contributed by atoms with van der Waals surface area (Å²) in [5, 5.41) is 1.70. The zero-order chi connectivity index (χ0) is 29.6. The monoisotopic (exact) mass is 569 g/mol. The van der Waals surface area contributed by atoms with Crippen molar-refractivity contribution in [3.63, 3.8) is 0 Å². The van der Waals surface area contributed by atoms with E-state index in [1.807, 2.05) is 37.6 Å². The van der Waals surface area contributed by atoms with Crippen LogP contribution in [0.3, 0.4) is 0 Å². The Labute approximate surface area is 241 Å². The Bertz CT molecular complexity index is 1300. The average Bonchev–Trinajstić information content (AvgIpc) is 3.56. The Morgan fingerprint density at radius 3 is 2.41 bits per heavy atom. The Kier molecular flexibility index (Phi) is 10.1. The SMILES string of the molecule is COC[C@@H](N)CCN(C(=O)ON1CCCC1)[C@@H](c1nc(-c2cccc(F)c2)cn1Cc1cccc(F)c1)C(C)(C)C. The fraction of sp³-hybridized carbons (Fsp3) is 0.484. The van der Waals surface area contributed by atoms with E-state index < -0.39 is 17.6 Å². The number of rotatable bonds is 11. The Morgan fingerprint density at radius 2 is 1.78 bits per heavy atom. The van der Waals surface area contributed by atoms with Crippen molar-refractivity contribution < 1.29 is 23.1 Å². The van der Waals surface area contributed by atoms with Gasteiger partial charge >= 0.3 is 6.09 Å². The van der Waals surface area contributed by atoms with E-state index in [0.29, 0.717) is 56.3 Å². The summed E-state index contributed by atoms with van der Waals surface area (Å²) in [5.41, 5.74) is 7.66. The van der Waals surface area contributed by atoms with Gasteiger partial charge in [-0.2, -0.15) is 0 Å². The van der Waals surface area contributed by atoms with Crippen LogP contribution >= 0.6 is 0 Å². The molecule has 1 amide bonds. The lowest BCUT2D eigenvalue weighted by atomic mass is 9.84. The first-order valence-electron chi connectivity index (χ1n) is 14.1. The van der Waals surface area contributed by atoms with Crippen LogP contribution in [0.15, 0.2) is 54.7 Å². The van der Waals surface area contributed by atoms with Gasteiger partial charge in [0.1, 0.15) is 17.5 Å². The first-order valence-corrected chi connectivity index (χ1v) is 14.1. The Balaban J connectivity index is 1.80. The van der Waals surface area contributed by atoms with Gasteiger partial charge in [-0.25, -0.2) is 18.6 Å². The molecular formula is C31H41F2N5O3. The summed E-state index contributed by atoms with van der Waals surface area (Å²) < 4.78 is 35.5. The molecule has 0 bridgehead atoms. The maximum Gasteiger partial charge on any atom is 0.429 e. The number of carbonyl (C=O) groups excluding carboxylic acids is 1. The number of benzene rings is 2. The number of methoxy groups -OCH3 is 1. The minimum atomic E-state index is -0.553. The molecule has 41 heavy (non-hydrogen) atoms. The van der Waals surface area contributed by atoms with Crippen LogP contribution in [0.4, 0.5) is 13.6 Å². The fourth-order valence-corrected chi connectivity index (χ4v) is 5.26. The highest BCUT2D eigenvalue weighted by molar-refractivity contribution is 5.68. The molecule has 222 valence electrons. The summed E-state index contributed by atoms with van der Waals surface area (Å²) in [6.07, 6.45) is 3.75. The van der Waals surface area contributed by atoms with E-state index in [4.69, 9.17) is 20.3 Å². The third-order valence-corrected chi connectivity index (χ3v) is 7.17. The predicted molar refractivity (Wildman–Crippen MR) is 154 cm³/mol. The molecule has 0 spiro atoms. The molecule has 1 aliphatic heterocycles. The molecule has 3 aromatic rings. The summed E-state index contributed by atoms with van der Waals surface area (Å²) >= 11 is 0. The molecule has 0 saturated carbocycles. The van der Waals surface area contributed by atoms with E-state index in [0.717, 1.165) is 18.4 Å². The molecule has 1 saturated heterocycles. The number of carbonyl (C=O) groups is 1. The quantitative estimate of drug-likeness (QED) is 0.315. The standard InChI is InChI=1S/C31H41F2N5O3/c1-31(2,3)28(38(16-13-26(34)21-40-4)30(39)41-37-14-5-6-15-37)29-35-27(23-10-8-12-25(33)18-23)20-36(29)19-22-9-7-11-24(32)17-22/h7-12,17-18,20,26,28H,5-6,13-16,19,21,34H2,1-4H3/t26-,28-/m0/s1. The number of amides is 1. The minimum Gasteiger partial charge on any atom is -0.383 e. The van der Waals surface area contributed by atoms with E-state index in [1.54, 1.807) is 35.3 Å². The lowest BCUT2D eigenvalue weighted by molar-refractivity contribution is -0.104. The molecule has 0 radical (unpaired) electrons. The molecule has 2 N–H and O–H groups in total. The fourth-order valence-electron chi connectivity index (χ4n) is 5.26.